The van der Waals surface area contributed by atoms with Gasteiger partial charge in [-0.25, -0.2) is 9.97 Å². The topological polar surface area (TPSA) is 49.3 Å². The lowest BCUT2D eigenvalue weighted by atomic mass is 10.1. The van der Waals surface area contributed by atoms with E-state index in [4.69, 9.17) is 0 Å². The van der Waals surface area contributed by atoms with Crippen molar-refractivity contribution in [1.29, 1.82) is 0 Å². The molecule has 1 aliphatic heterocycles. The first-order valence-corrected chi connectivity index (χ1v) is 12.3. The lowest BCUT2D eigenvalue weighted by Crippen LogP contribution is -2.49. The predicted molar refractivity (Wildman–Crippen MR) is 135 cm³/mol. The Bertz CT molecular complexity index is 1220. The minimum absolute atomic E-state index is 0.0111. The number of benzene rings is 2. The third-order valence-electron chi connectivity index (χ3n) is 6.70. The van der Waals surface area contributed by atoms with E-state index in [1.54, 1.807) is 6.07 Å². The van der Waals surface area contributed by atoms with E-state index in [0.717, 1.165) is 37.0 Å². The van der Waals surface area contributed by atoms with Crippen LogP contribution in [0.5, 0.6) is 0 Å². The maximum Gasteiger partial charge on any atom is 0.416 e. The van der Waals surface area contributed by atoms with Crippen molar-refractivity contribution in [3.8, 4) is 11.4 Å². The van der Waals surface area contributed by atoms with Crippen molar-refractivity contribution in [1.82, 2.24) is 14.9 Å². The third kappa shape index (κ3) is 5.69. The van der Waals surface area contributed by atoms with Crippen LogP contribution in [0.25, 0.3) is 11.4 Å². The highest BCUT2D eigenvalue weighted by molar-refractivity contribution is 5.94. The van der Waals surface area contributed by atoms with E-state index < -0.39 is 11.7 Å². The fourth-order valence-corrected chi connectivity index (χ4v) is 4.38. The zero-order chi connectivity index (χ0) is 25.9. The number of amides is 1. The molecule has 1 fully saturated rings. The van der Waals surface area contributed by atoms with Crippen LogP contribution in [0.2, 0.25) is 0 Å². The van der Waals surface area contributed by atoms with Crippen LogP contribution in [0, 0.1) is 13.8 Å². The van der Waals surface area contributed by atoms with E-state index in [1.807, 2.05) is 43.0 Å². The minimum Gasteiger partial charge on any atom is -0.353 e. The van der Waals surface area contributed by atoms with Gasteiger partial charge in [0.05, 0.1) is 5.56 Å². The van der Waals surface area contributed by atoms with Gasteiger partial charge in [-0.2, -0.15) is 13.2 Å². The standard InChI is InChI=1S/C28H31F3N4O/c1-4-5-7-21-10-12-22(13-11-21)27(36)35-16-14-34(15-17-35)26-19(2)20(3)32-25(33-26)23-8-6-9-24(18-23)28(29,30)31/h6,8-13,18H,4-5,7,14-17H2,1-3H3. The molecule has 1 saturated heterocycles. The summed E-state index contributed by atoms with van der Waals surface area (Å²) >= 11 is 0. The monoisotopic (exact) mass is 496 g/mol. The molecule has 4 rings (SSSR count). The Balaban J connectivity index is 1.48. The Kier molecular flexibility index (Phi) is 7.62. The van der Waals surface area contributed by atoms with Crippen molar-refractivity contribution in [2.24, 2.45) is 0 Å². The van der Waals surface area contributed by atoms with Gasteiger partial charge in [0, 0.05) is 48.6 Å². The Morgan fingerprint density at radius 2 is 1.67 bits per heavy atom. The molecule has 1 aromatic heterocycles. The van der Waals surface area contributed by atoms with Gasteiger partial charge in [0.15, 0.2) is 5.82 Å². The molecule has 3 aromatic rings. The number of piperazine rings is 1. The Hall–Kier alpha value is -3.42. The number of alkyl halides is 3. The van der Waals surface area contributed by atoms with Gasteiger partial charge in [-0.15, -0.1) is 0 Å². The number of carbonyl (C=O) groups is 1. The normalized spacial score (nSPS) is 14.3. The highest BCUT2D eigenvalue weighted by atomic mass is 19.4. The van der Waals surface area contributed by atoms with Crippen molar-refractivity contribution < 1.29 is 18.0 Å². The molecular weight excluding hydrogens is 465 g/mol. The van der Waals surface area contributed by atoms with E-state index in [1.165, 1.54) is 11.6 Å². The molecular formula is C28H31F3N4O. The van der Waals surface area contributed by atoms with Crippen LogP contribution >= 0.6 is 0 Å². The molecule has 5 nitrogen and oxygen atoms in total. The summed E-state index contributed by atoms with van der Waals surface area (Å²) in [5, 5.41) is 0. The largest absolute Gasteiger partial charge is 0.416 e. The number of unbranched alkanes of at least 4 members (excludes halogenated alkanes) is 1. The highest BCUT2D eigenvalue weighted by Crippen LogP contribution is 2.32. The Labute approximate surface area is 210 Å². The van der Waals surface area contributed by atoms with E-state index in [0.29, 0.717) is 48.8 Å². The average Bonchev–Trinajstić information content (AvgIpc) is 2.88. The molecule has 1 amide bonds. The quantitative estimate of drug-likeness (QED) is 0.415. The summed E-state index contributed by atoms with van der Waals surface area (Å²) in [6.07, 6.45) is -1.15. The molecule has 0 N–H and O–H groups in total. The average molecular weight is 497 g/mol. The second-order valence-corrected chi connectivity index (χ2v) is 9.24. The first-order chi connectivity index (χ1) is 17.2. The number of anilines is 1. The maximum absolute atomic E-state index is 13.2. The van der Waals surface area contributed by atoms with Crippen LogP contribution in [0.4, 0.5) is 19.0 Å². The molecule has 36 heavy (non-hydrogen) atoms. The SMILES string of the molecule is CCCCc1ccc(C(=O)N2CCN(c3nc(-c4cccc(C(F)(F)F)c4)nc(C)c3C)CC2)cc1. The van der Waals surface area contributed by atoms with Crippen molar-refractivity contribution in [3.05, 3.63) is 76.5 Å². The molecule has 190 valence electrons. The second-order valence-electron chi connectivity index (χ2n) is 9.24. The number of rotatable bonds is 6. The molecule has 1 aliphatic rings. The summed E-state index contributed by atoms with van der Waals surface area (Å²) in [6, 6.07) is 12.9. The van der Waals surface area contributed by atoms with Crippen LogP contribution in [0.15, 0.2) is 48.5 Å². The molecule has 0 spiro atoms. The first-order valence-electron chi connectivity index (χ1n) is 12.3. The first kappa shape index (κ1) is 25.7. The summed E-state index contributed by atoms with van der Waals surface area (Å²) in [5.41, 5.74) is 3.12. The molecule has 0 unspecified atom stereocenters. The van der Waals surface area contributed by atoms with Gasteiger partial charge in [0.25, 0.3) is 5.91 Å². The van der Waals surface area contributed by atoms with Gasteiger partial charge in [0.2, 0.25) is 0 Å². The van der Waals surface area contributed by atoms with Gasteiger partial charge in [-0.1, -0.05) is 37.6 Å². The fourth-order valence-electron chi connectivity index (χ4n) is 4.38. The van der Waals surface area contributed by atoms with E-state index >= 15 is 0 Å². The van der Waals surface area contributed by atoms with Crippen LogP contribution in [-0.2, 0) is 12.6 Å². The summed E-state index contributed by atoms with van der Waals surface area (Å²) < 4.78 is 39.6. The molecule has 0 saturated carbocycles. The van der Waals surface area contributed by atoms with Crippen molar-refractivity contribution in [2.45, 2.75) is 46.2 Å². The van der Waals surface area contributed by atoms with Crippen molar-refractivity contribution in [2.75, 3.05) is 31.1 Å². The lowest BCUT2D eigenvalue weighted by molar-refractivity contribution is -0.137. The smallest absolute Gasteiger partial charge is 0.353 e. The lowest BCUT2D eigenvalue weighted by Gasteiger charge is -2.36. The molecule has 0 atom stereocenters. The van der Waals surface area contributed by atoms with E-state index in [2.05, 4.69) is 21.8 Å². The van der Waals surface area contributed by atoms with Crippen molar-refractivity contribution >= 4 is 11.7 Å². The van der Waals surface area contributed by atoms with Crippen LogP contribution in [0.1, 0.15) is 52.5 Å². The minimum atomic E-state index is -4.43. The molecule has 0 bridgehead atoms. The highest BCUT2D eigenvalue weighted by Gasteiger charge is 2.31. The number of hydrogen-bond acceptors (Lipinski definition) is 4. The van der Waals surface area contributed by atoms with Crippen LogP contribution in [-0.4, -0.2) is 47.0 Å². The molecule has 0 radical (unpaired) electrons. The number of aryl methyl sites for hydroxylation is 2. The number of halogens is 3. The van der Waals surface area contributed by atoms with Gasteiger partial charge in [-0.3, -0.25) is 4.79 Å². The summed E-state index contributed by atoms with van der Waals surface area (Å²) in [4.78, 5) is 26.1. The van der Waals surface area contributed by atoms with E-state index in [-0.39, 0.29) is 11.7 Å². The van der Waals surface area contributed by atoms with Gasteiger partial charge >= 0.3 is 6.18 Å². The Morgan fingerprint density at radius 3 is 2.31 bits per heavy atom. The summed E-state index contributed by atoms with van der Waals surface area (Å²) in [6.45, 7) is 8.16. The van der Waals surface area contributed by atoms with Crippen molar-refractivity contribution in [3.63, 3.8) is 0 Å². The molecule has 0 aliphatic carbocycles. The summed E-state index contributed by atoms with van der Waals surface area (Å²) in [7, 11) is 0. The second kappa shape index (κ2) is 10.7. The Morgan fingerprint density at radius 1 is 0.972 bits per heavy atom. The molecule has 2 aromatic carbocycles. The molecule has 8 heteroatoms. The van der Waals surface area contributed by atoms with Crippen LogP contribution in [0.3, 0.4) is 0 Å². The van der Waals surface area contributed by atoms with Gasteiger partial charge in [0.1, 0.15) is 5.82 Å². The maximum atomic E-state index is 13.2. The predicted octanol–water partition coefficient (Wildman–Crippen LogP) is 6.08. The molecule has 2 heterocycles. The zero-order valence-electron chi connectivity index (χ0n) is 20.9. The van der Waals surface area contributed by atoms with Crippen LogP contribution < -0.4 is 4.90 Å². The third-order valence-corrected chi connectivity index (χ3v) is 6.70. The zero-order valence-corrected chi connectivity index (χ0v) is 20.9. The number of aromatic nitrogens is 2. The fraction of sp³-hybridized carbons (Fsp3) is 0.393. The van der Waals surface area contributed by atoms with Gasteiger partial charge < -0.3 is 9.80 Å². The van der Waals surface area contributed by atoms with E-state index in [9.17, 15) is 18.0 Å². The number of carbonyl (C=O) groups excluding carboxylic acids is 1. The number of hydrogen-bond donors (Lipinski definition) is 0. The number of nitrogens with zero attached hydrogens (tertiary/aromatic N) is 4. The summed E-state index contributed by atoms with van der Waals surface area (Å²) in [5.74, 6) is 0.972. The van der Waals surface area contributed by atoms with Gasteiger partial charge in [-0.05, 0) is 56.5 Å².